The number of hydrogen-bond acceptors (Lipinski definition) is 3. The van der Waals surface area contributed by atoms with Crippen LogP contribution in [-0.4, -0.2) is 25.0 Å². The van der Waals surface area contributed by atoms with E-state index >= 15 is 0 Å². The standard InChI is InChI=1S/C16H24N2OS/c19-16(18-13-7-4-5-9-17-11-13)15-10-12-6-2-1-3-8-14(12)20-15/h10,13,17H,1-9,11H2,(H,18,19). The first-order valence-electron chi connectivity index (χ1n) is 7.96. The van der Waals surface area contributed by atoms with E-state index in [1.165, 1.54) is 42.5 Å². The van der Waals surface area contributed by atoms with Crippen LogP contribution in [0.2, 0.25) is 0 Å². The molecule has 0 aromatic carbocycles. The number of amides is 1. The van der Waals surface area contributed by atoms with Crippen molar-refractivity contribution in [3.05, 3.63) is 21.4 Å². The van der Waals surface area contributed by atoms with Gasteiger partial charge < -0.3 is 10.6 Å². The first kappa shape index (κ1) is 14.1. The molecule has 1 aromatic heterocycles. The van der Waals surface area contributed by atoms with Crippen LogP contribution in [0, 0.1) is 0 Å². The number of carbonyl (C=O) groups excluding carboxylic acids is 1. The molecule has 1 aromatic rings. The molecule has 1 atom stereocenters. The van der Waals surface area contributed by atoms with Gasteiger partial charge in [0.05, 0.1) is 4.88 Å². The number of nitrogens with one attached hydrogen (secondary N) is 2. The zero-order valence-corrected chi connectivity index (χ0v) is 12.9. The fourth-order valence-corrected chi connectivity index (χ4v) is 4.33. The molecule has 0 bridgehead atoms. The number of aryl methyl sites for hydroxylation is 2. The summed E-state index contributed by atoms with van der Waals surface area (Å²) in [6, 6.07) is 2.44. The maximum absolute atomic E-state index is 12.4. The summed E-state index contributed by atoms with van der Waals surface area (Å²) in [6.45, 7) is 2.00. The summed E-state index contributed by atoms with van der Waals surface area (Å²) in [5.41, 5.74) is 1.43. The zero-order valence-electron chi connectivity index (χ0n) is 12.0. The van der Waals surface area contributed by atoms with Crippen molar-refractivity contribution >= 4 is 17.2 Å². The van der Waals surface area contributed by atoms with Crippen LogP contribution in [0.25, 0.3) is 0 Å². The summed E-state index contributed by atoms with van der Waals surface area (Å²) >= 11 is 1.72. The molecule has 3 rings (SSSR count). The van der Waals surface area contributed by atoms with Crippen LogP contribution in [0.15, 0.2) is 6.07 Å². The maximum atomic E-state index is 12.4. The van der Waals surface area contributed by atoms with Crippen molar-refractivity contribution in [1.29, 1.82) is 0 Å². The van der Waals surface area contributed by atoms with Crippen molar-refractivity contribution in [2.45, 2.75) is 57.4 Å². The van der Waals surface area contributed by atoms with Crippen LogP contribution >= 0.6 is 11.3 Å². The highest BCUT2D eigenvalue weighted by Crippen LogP contribution is 2.29. The van der Waals surface area contributed by atoms with Crippen LogP contribution in [-0.2, 0) is 12.8 Å². The Hall–Kier alpha value is -0.870. The van der Waals surface area contributed by atoms with E-state index < -0.39 is 0 Å². The van der Waals surface area contributed by atoms with E-state index in [0.29, 0.717) is 6.04 Å². The van der Waals surface area contributed by atoms with E-state index in [1.54, 1.807) is 11.3 Å². The Labute approximate surface area is 125 Å². The molecule has 20 heavy (non-hydrogen) atoms. The third-order valence-corrected chi connectivity index (χ3v) is 5.59. The Kier molecular flexibility index (Phi) is 4.73. The third-order valence-electron chi connectivity index (χ3n) is 4.35. The first-order valence-corrected chi connectivity index (χ1v) is 8.78. The lowest BCUT2D eigenvalue weighted by Crippen LogP contribution is -2.40. The second-order valence-electron chi connectivity index (χ2n) is 5.99. The molecule has 1 aliphatic carbocycles. The van der Waals surface area contributed by atoms with Crippen molar-refractivity contribution in [3.8, 4) is 0 Å². The van der Waals surface area contributed by atoms with Gasteiger partial charge in [-0.3, -0.25) is 4.79 Å². The second kappa shape index (κ2) is 6.72. The van der Waals surface area contributed by atoms with Crippen LogP contribution in [0.3, 0.4) is 0 Å². The van der Waals surface area contributed by atoms with Crippen LogP contribution in [0.1, 0.15) is 58.6 Å². The van der Waals surface area contributed by atoms with Gasteiger partial charge in [-0.2, -0.15) is 0 Å². The molecule has 2 N–H and O–H groups in total. The van der Waals surface area contributed by atoms with E-state index in [9.17, 15) is 4.79 Å². The molecule has 110 valence electrons. The molecule has 1 saturated heterocycles. The van der Waals surface area contributed by atoms with Gasteiger partial charge in [-0.15, -0.1) is 11.3 Å². The average molecular weight is 292 g/mol. The van der Waals surface area contributed by atoms with Gasteiger partial charge in [0.15, 0.2) is 0 Å². The predicted molar refractivity (Wildman–Crippen MR) is 83.6 cm³/mol. The number of carbonyl (C=O) groups is 1. The van der Waals surface area contributed by atoms with Gasteiger partial charge in [0.1, 0.15) is 0 Å². The summed E-state index contributed by atoms with van der Waals surface area (Å²) in [4.78, 5) is 14.8. The Morgan fingerprint density at radius 1 is 1.20 bits per heavy atom. The molecule has 1 fully saturated rings. The van der Waals surface area contributed by atoms with E-state index in [0.717, 1.165) is 37.2 Å². The normalized spacial score (nSPS) is 23.5. The fourth-order valence-electron chi connectivity index (χ4n) is 3.18. The zero-order chi connectivity index (χ0) is 13.8. The molecule has 0 saturated carbocycles. The minimum atomic E-state index is 0.136. The van der Waals surface area contributed by atoms with Gasteiger partial charge in [-0.1, -0.05) is 12.8 Å². The highest BCUT2D eigenvalue weighted by atomic mass is 32.1. The lowest BCUT2D eigenvalue weighted by atomic mass is 10.1. The summed E-state index contributed by atoms with van der Waals surface area (Å²) in [7, 11) is 0. The number of thiophene rings is 1. The summed E-state index contributed by atoms with van der Waals surface area (Å²) in [5, 5.41) is 6.61. The summed E-state index contributed by atoms with van der Waals surface area (Å²) in [6.07, 6.45) is 9.74. The summed E-state index contributed by atoms with van der Waals surface area (Å²) < 4.78 is 0. The van der Waals surface area contributed by atoms with E-state index in [2.05, 4.69) is 16.7 Å². The monoisotopic (exact) mass is 292 g/mol. The van der Waals surface area contributed by atoms with Gasteiger partial charge in [-0.25, -0.2) is 0 Å². The highest BCUT2D eigenvalue weighted by Gasteiger charge is 2.19. The van der Waals surface area contributed by atoms with Gasteiger partial charge in [0, 0.05) is 17.5 Å². The molecule has 1 amide bonds. The van der Waals surface area contributed by atoms with E-state index in [4.69, 9.17) is 0 Å². The van der Waals surface area contributed by atoms with Gasteiger partial charge in [0.2, 0.25) is 0 Å². The van der Waals surface area contributed by atoms with Gasteiger partial charge >= 0.3 is 0 Å². The Bertz CT molecular complexity index is 438. The van der Waals surface area contributed by atoms with Crippen molar-refractivity contribution < 1.29 is 4.79 Å². The lowest BCUT2D eigenvalue weighted by molar-refractivity contribution is 0.0939. The van der Waals surface area contributed by atoms with E-state index in [-0.39, 0.29) is 5.91 Å². The Morgan fingerprint density at radius 2 is 2.10 bits per heavy atom. The molecule has 1 aliphatic heterocycles. The SMILES string of the molecule is O=C(NC1CCCCNC1)c1cc2c(s1)CCCCC2. The largest absolute Gasteiger partial charge is 0.347 e. The van der Waals surface area contributed by atoms with Crippen LogP contribution < -0.4 is 10.6 Å². The Morgan fingerprint density at radius 3 is 3.05 bits per heavy atom. The molecule has 3 nitrogen and oxygen atoms in total. The Balaban J connectivity index is 1.64. The fraction of sp³-hybridized carbons (Fsp3) is 0.688. The predicted octanol–water partition coefficient (Wildman–Crippen LogP) is 2.89. The molecular formula is C16H24N2OS. The minimum absolute atomic E-state index is 0.136. The van der Waals surface area contributed by atoms with Crippen molar-refractivity contribution in [1.82, 2.24) is 10.6 Å². The molecule has 4 heteroatoms. The van der Waals surface area contributed by atoms with Crippen molar-refractivity contribution in [3.63, 3.8) is 0 Å². The second-order valence-corrected chi connectivity index (χ2v) is 7.13. The van der Waals surface area contributed by atoms with Crippen molar-refractivity contribution in [2.24, 2.45) is 0 Å². The smallest absolute Gasteiger partial charge is 0.261 e. The molecule has 0 radical (unpaired) electrons. The average Bonchev–Trinajstić information content (AvgIpc) is 2.63. The molecule has 2 heterocycles. The van der Waals surface area contributed by atoms with Crippen molar-refractivity contribution in [2.75, 3.05) is 13.1 Å². The number of rotatable bonds is 2. The van der Waals surface area contributed by atoms with E-state index in [1.807, 2.05) is 0 Å². The topological polar surface area (TPSA) is 41.1 Å². The molecule has 1 unspecified atom stereocenters. The highest BCUT2D eigenvalue weighted by molar-refractivity contribution is 7.14. The quantitative estimate of drug-likeness (QED) is 0.823. The van der Waals surface area contributed by atoms with Crippen LogP contribution in [0.4, 0.5) is 0 Å². The first-order chi connectivity index (χ1) is 9.83. The number of fused-ring (bicyclic) bond motifs is 1. The molecule has 0 spiro atoms. The van der Waals surface area contributed by atoms with Gasteiger partial charge in [0.25, 0.3) is 5.91 Å². The van der Waals surface area contributed by atoms with Crippen LogP contribution in [0.5, 0.6) is 0 Å². The van der Waals surface area contributed by atoms with Gasteiger partial charge in [-0.05, 0) is 56.7 Å². The number of hydrogen-bond donors (Lipinski definition) is 2. The third kappa shape index (κ3) is 3.41. The minimum Gasteiger partial charge on any atom is -0.347 e. The molecule has 2 aliphatic rings. The lowest BCUT2D eigenvalue weighted by Gasteiger charge is -2.15. The maximum Gasteiger partial charge on any atom is 0.261 e. The molecular weight excluding hydrogens is 268 g/mol. The summed E-state index contributed by atoms with van der Waals surface area (Å²) in [5.74, 6) is 0.136.